The second kappa shape index (κ2) is 6.83. The van der Waals surface area contributed by atoms with Crippen molar-refractivity contribution in [2.24, 2.45) is 0 Å². The van der Waals surface area contributed by atoms with Gasteiger partial charge in [0.25, 0.3) is 0 Å². The van der Waals surface area contributed by atoms with Crippen molar-refractivity contribution in [3.8, 4) is 17.1 Å². The quantitative estimate of drug-likeness (QED) is 0.482. The Morgan fingerprint density at radius 3 is 2.42 bits per heavy atom. The third kappa shape index (κ3) is 2.94. The molecule has 1 N–H and O–H groups in total. The Kier molecular flexibility index (Phi) is 4.37. The lowest BCUT2D eigenvalue weighted by Gasteiger charge is -2.15. The molecule has 0 bridgehead atoms. The largest absolute Gasteiger partial charge is 0.292 e. The number of aromatic nitrogens is 2. The molecule has 0 aliphatic heterocycles. The van der Waals surface area contributed by atoms with E-state index in [1.54, 1.807) is 0 Å². The Bertz CT molecular complexity index is 1040. The molecule has 0 saturated carbocycles. The molecule has 0 fully saturated rings. The van der Waals surface area contributed by atoms with Gasteiger partial charge in [0.15, 0.2) is 0 Å². The summed E-state index contributed by atoms with van der Waals surface area (Å²) in [5, 5.41) is 12.0. The molecule has 5 heteroatoms. The average molecular weight is 364 g/mol. The summed E-state index contributed by atoms with van der Waals surface area (Å²) in [6.45, 7) is 2.41. The van der Waals surface area contributed by atoms with Crippen molar-refractivity contribution in [3.63, 3.8) is 0 Å². The van der Waals surface area contributed by atoms with Crippen molar-refractivity contribution in [2.45, 2.75) is 6.92 Å². The number of benzene rings is 3. The van der Waals surface area contributed by atoms with Crippen LogP contribution in [0.2, 0.25) is 5.02 Å². The summed E-state index contributed by atoms with van der Waals surface area (Å²) in [6, 6.07) is 23.5. The maximum atomic E-state index is 10.1. The fourth-order valence-corrected chi connectivity index (χ4v) is 3.16. The Balaban J connectivity index is 2.00. The summed E-state index contributed by atoms with van der Waals surface area (Å²) in [4.78, 5) is 4.83. The SMILES string of the molecule is CCN(O)c1ccc2nc(-c3ccc(Cl)cc3)n(-c3ccccc3)c2c1. The second-order valence-corrected chi connectivity index (χ2v) is 6.44. The predicted octanol–water partition coefficient (Wildman–Crippen LogP) is 5.56. The van der Waals surface area contributed by atoms with Crippen LogP contribution in [0, 0.1) is 0 Å². The molecule has 4 rings (SSSR count). The molecule has 0 radical (unpaired) electrons. The van der Waals surface area contributed by atoms with Gasteiger partial charge in [-0.05, 0) is 61.5 Å². The minimum Gasteiger partial charge on any atom is -0.292 e. The van der Waals surface area contributed by atoms with E-state index < -0.39 is 0 Å². The first-order valence-corrected chi connectivity index (χ1v) is 8.85. The van der Waals surface area contributed by atoms with Gasteiger partial charge in [0.05, 0.1) is 16.7 Å². The number of para-hydroxylation sites is 1. The molecule has 0 atom stereocenters. The molecule has 4 aromatic rings. The third-order valence-electron chi connectivity index (χ3n) is 4.35. The lowest BCUT2D eigenvalue weighted by atomic mass is 10.2. The van der Waals surface area contributed by atoms with Crippen molar-refractivity contribution < 1.29 is 5.21 Å². The maximum Gasteiger partial charge on any atom is 0.145 e. The smallest absolute Gasteiger partial charge is 0.145 e. The van der Waals surface area contributed by atoms with Gasteiger partial charge in [-0.2, -0.15) is 0 Å². The second-order valence-electron chi connectivity index (χ2n) is 6.00. The van der Waals surface area contributed by atoms with Crippen LogP contribution in [-0.2, 0) is 0 Å². The number of hydroxylamine groups is 1. The van der Waals surface area contributed by atoms with Gasteiger partial charge in [0.1, 0.15) is 5.82 Å². The topological polar surface area (TPSA) is 41.3 Å². The van der Waals surface area contributed by atoms with Crippen LogP contribution >= 0.6 is 11.6 Å². The fourth-order valence-electron chi connectivity index (χ4n) is 3.04. The molecule has 0 unspecified atom stereocenters. The van der Waals surface area contributed by atoms with Gasteiger partial charge in [-0.25, -0.2) is 4.98 Å². The van der Waals surface area contributed by atoms with E-state index in [0.29, 0.717) is 11.6 Å². The number of hydrogen-bond acceptors (Lipinski definition) is 3. The van der Waals surface area contributed by atoms with E-state index in [1.807, 2.05) is 79.7 Å². The van der Waals surface area contributed by atoms with Gasteiger partial charge in [-0.1, -0.05) is 29.8 Å². The van der Waals surface area contributed by atoms with Crippen molar-refractivity contribution in [3.05, 3.63) is 77.8 Å². The molecule has 1 aromatic heterocycles. The van der Waals surface area contributed by atoms with Crippen molar-refractivity contribution >= 4 is 28.3 Å². The Hall–Kier alpha value is -2.82. The van der Waals surface area contributed by atoms with Crippen LogP contribution < -0.4 is 5.06 Å². The molecule has 26 heavy (non-hydrogen) atoms. The van der Waals surface area contributed by atoms with E-state index in [0.717, 1.165) is 33.8 Å². The van der Waals surface area contributed by atoms with Crippen LogP contribution in [-0.4, -0.2) is 21.3 Å². The minimum absolute atomic E-state index is 0.509. The molecule has 130 valence electrons. The van der Waals surface area contributed by atoms with Crippen LogP contribution in [0.15, 0.2) is 72.8 Å². The van der Waals surface area contributed by atoms with Crippen LogP contribution in [0.1, 0.15) is 6.92 Å². The molecule has 4 nitrogen and oxygen atoms in total. The highest BCUT2D eigenvalue weighted by Crippen LogP contribution is 2.31. The van der Waals surface area contributed by atoms with E-state index in [1.165, 1.54) is 5.06 Å². The molecule has 1 heterocycles. The highest BCUT2D eigenvalue weighted by molar-refractivity contribution is 6.30. The zero-order chi connectivity index (χ0) is 18.1. The van der Waals surface area contributed by atoms with E-state index >= 15 is 0 Å². The Morgan fingerprint density at radius 1 is 1.00 bits per heavy atom. The number of nitrogens with zero attached hydrogens (tertiary/aromatic N) is 3. The predicted molar refractivity (Wildman–Crippen MR) is 106 cm³/mol. The molecule has 0 spiro atoms. The zero-order valence-electron chi connectivity index (χ0n) is 14.3. The molecule has 0 saturated heterocycles. The number of hydrogen-bond donors (Lipinski definition) is 1. The van der Waals surface area contributed by atoms with Gasteiger partial charge in [0, 0.05) is 22.8 Å². The first kappa shape index (κ1) is 16.6. The number of anilines is 1. The molecular formula is C21H18ClN3O. The van der Waals surface area contributed by atoms with E-state index in [9.17, 15) is 5.21 Å². The van der Waals surface area contributed by atoms with E-state index in [-0.39, 0.29) is 0 Å². The minimum atomic E-state index is 0.509. The Labute approximate surface area is 156 Å². The van der Waals surface area contributed by atoms with Crippen molar-refractivity contribution in [1.29, 1.82) is 0 Å². The third-order valence-corrected chi connectivity index (χ3v) is 4.60. The van der Waals surface area contributed by atoms with Gasteiger partial charge in [-0.3, -0.25) is 14.8 Å². The summed E-state index contributed by atoms with van der Waals surface area (Å²) in [6.07, 6.45) is 0. The number of halogens is 1. The summed E-state index contributed by atoms with van der Waals surface area (Å²) in [5.74, 6) is 0.834. The first-order valence-electron chi connectivity index (χ1n) is 8.47. The maximum absolute atomic E-state index is 10.1. The monoisotopic (exact) mass is 363 g/mol. The van der Waals surface area contributed by atoms with Crippen LogP contribution in [0.25, 0.3) is 28.1 Å². The molecular weight excluding hydrogens is 346 g/mol. The van der Waals surface area contributed by atoms with Gasteiger partial charge >= 0.3 is 0 Å². The zero-order valence-corrected chi connectivity index (χ0v) is 15.1. The first-order chi connectivity index (χ1) is 12.7. The number of imidazole rings is 1. The molecule has 0 aliphatic carbocycles. The number of fused-ring (bicyclic) bond motifs is 1. The van der Waals surface area contributed by atoms with Gasteiger partial charge in [0.2, 0.25) is 0 Å². The van der Waals surface area contributed by atoms with Crippen LogP contribution in [0.5, 0.6) is 0 Å². The summed E-state index contributed by atoms with van der Waals surface area (Å²) >= 11 is 6.05. The van der Waals surface area contributed by atoms with Crippen LogP contribution in [0.3, 0.4) is 0 Å². The lowest BCUT2D eigenvalue weighted by Crippen LogP contribution is -2.16. The molecule has 3 aromatic carbocycles. The summed E-state index contributed by atoms with van der Waals surface area (Å²) < 4.78 is 2.10. The van der Waals surface area contributed by atoms with Crippen molar-refractivity contribution in [2.75, 3.05) is 11.6 Å². The highest BCUT2D eigenvalue weighted by Gasteiger charge is 2.15. The van der Waals surface area contributed by atoms with Crippen LogP contribution in [0.4, 0.5) is 5.69 Å². The number of rotatable bonds is 4. The highest BCUT2D eigenvalue weighted by atomic mass is 35.5. The summed E-state index contributed by atoms with van der Waals surface area (Å²) in [5.41, 5.74) is 4.53. The lowest BCUT2D eigenvalue weighted by molar-refractivity contribution is 0.260. The summed E-state index contributed by atoms with van der Waals surface area (Å²) in [7, 11) is 0. The van der Waals surface area contributed by atoms with Crippen molar-refractivity contribution in [1.82, 2.24) is 9.55 Å². The van der Waals surface area contributed by atoms with E-state index in [2.05, 4.69) is 4.57 Å². The molecule has 0 aliphatic rings. The average Bonchev–Trinajstić information content (AvgIpc) is 3.07. The van der Waals surface area contributed by atoms with Gasteiger partial charge in [-0.15, -0.1) is 0 Å². The standard InChI is InChI=1S/C21H18ClN3O/c1-2-24(26)18-12-13-19-20(14-18)25(17-6-4-3-5-7-17)21(23-19)15-8-10-16(22)11-9-15/h3-14,26H,2H2,1H3. The fraction of sp³-hybridized carbons (Fsp3) is 0.0952. The molecule has 0 amide bonds. The van der Waals surface area contributed by atoms with Gasteiger partial charge < -0.3 is 0 Å². The van der Waals surface area contributed by atoms with E-state index in [4.69, 9.17) is 16.6 Å². The normalized spacial score (nSPS) is 11.0. The Morgan fingerprint density at radius 2 is 1.73 bits per heavy atom.